The van der Waals surface area contributed by atoms with Gasteiger partial charge in [0.25, 0.3) is 0 Å². The van der Waals surface area contributed by atoms with Crippen molar-refractivity contribution in [2.45, 2.75) is 0 Å². The molecule has 0 aromatic heterocycles. The smallest absolute Gasteiger partial charge is 0.150 e. The molecule has 0 bridgehead atoms. The molecule has 0 aliphatic heterocycles. The minimum Gasteiger partial charge on any atom is -0.298 e. The summed E-state index contributed by atoms with van der Waals surface area (Å²) < 4.78 is 7.20. The highest BCUT2D eigenvalue weighted by atomic mass is 35.5. The molecule has 0 atom stereocenters. The quantitative estimate of drug-likeness (QED) is 0.548. The Labute approximate surface area is 59.7 Å². The first-order chi connectivity index (χ1) is 4.74. The van der Waals surface area contributed by atoms with Crippen LogP contribution in [0.15, 0.2) is 24.2 Å². The van der Waals surface area contributed by atoms with Crippen molar-refractivity contribution in [1.29, 1.82) is 0 Å². The van der Waals surface area contributed by atoms with Crippen LogP contribution in [0.25, 0.3) is 0 Å². The first kappa shape index (κ1) is 5.00. The van der Waals surface area contributed by atoms with Crippen molar-refractivity contribution in [3.8, 4) is 0 Å². The van der Waals surface area contributed by atoms with E-state index >= 15 is 0 Å². The molecule has 0 aliphatic carbocycles. The van der Waals surface area contributed by atoms with E-state index < -0.39 is 0 Å². The molecule has 0 fully saturated rings. The van der Waals surface area contributed by atoms with Gasteiger partial charge in [0, 0.05) is 10.6 Å². The molecule has 0 saturated heterocycles. The first-order valence-electron chi connectivity index (χ1n) is 2.95. The second-order valence-electron chi connectivity index (χ2n) is 1.58. The van der Waals surface area contributed by atoms with E-state index in [-0.39, 0.29) is 6.04 Å². The molecule has 1 aromatic rings. The minimum absolute atomic E-state index is 0.169. The molecule has 0 saturated carbocycles. The summed E-state index contributed by atoms with van der Waals surface area (Å²) in [5, 5.41) is 0.482. The molecule has 0 unspecified atom stereocenters. The van der Waals surface area contributed by atoms with Crippen molar-refractivity contribution >= 4 is 17.9 Å². The number of rotatable bonds is 1. The number of carbonyl (C=O) groups excluding carboxylic acids is 1. The highest BCUT2D eigenvalue weighted by molar-refractivity contribution is 6.30. The molecule has 0 aliphatic rings. The Balaban J connectivity index is 3.19. The maximum absolute atomic E-state index is 10.2. The normalized spacial score (nSPS) is 10.6. The summed E-state index contributed by atoms with van der Waals surface area (Å²) in [4.78, 5) is 10.2. The third-order valence-corrected chi connectivity index (χ3v) is 1.16. The van der Waals surface area contributed by atoms with Gasteiger partial charge >= 0.3 is 0 Å². The molecule has 1 nitrogen and oxygen atoms in total. The monoisotopic (exact) mass is 141 g/mol. The lowest BCUT2D eigenvalue weighted by atomic mass is 10.2. The van der Waals surface area contributed by atoms with Gasteiger partial charge in [-0.15, -0.1) is 0 Å². The summed E-state index contributed by atoms with van der Waals surface area (Å²) in [5.41, 5.74) is 0.365. The van der Waals surface area contributed by atoms with Gasteiger partial charge in [0.2, 0.25) is 0 Å². The van der Waals surface area contributed by atoms with Gasteiger partial charge in [0.05, 0.1) is 1.37 Å². The minimum atomic E-state index is 0.169. The van der Waals surface area contributed by atoms with Crippen LogP contribution in [0.5, 0.6) is 0 Å². The fraction of sp³-hybridized carbons (Fsp3) is 0. The molecule has 9 heavy (non-hydrogen) atoms. The summed E-state index contributed by atoms with van der Waals surface area (Å²) >= 11 is 5.54. The van der Waals surface area contributed by atoms with Gasteiger partial charge in [0.1, 0.15) is 6.29 Å². The summed E-state index contributed by atoms with van der Waals surface area (Å²) in [7, 11) is 0. The average Bonchev–Trinajstić information content (AvgIpc) is 1.88. The Bertz CT molecular complexity index is 260. The fourth-order valence-corrected chi connectivity index (χ4v) is 0.609. The van der Waals surface area contributed by atoms with Gasteiger partial charge < -0.3 is 0 Å². The lowest BCUT2D eigenvalue weighted by molar-refractivity contribution is 0.112. The highest BCUT2D eigenvalue weighted by Crippen LogP contribution is 2.07. The van der Waals surface area contributed by atoms with Gasteiger partial charge in [0.15, 0.2) is 0 Å². The largest absolute Gasteiger partial charge is 0.298 e. The van der Waals surface area contributed by atoms with Crippen LogP contribution in [-0.4, -0.2) is 6.29 Å². The van der Waals surface area contributed by atoms with E-state index in [0.717, 1.165) is 0 Å². The predicted molar refractivity (Wildman–Crippen MR) is 36.8 cm³/mol. The van der Waals surface area contributed by atoms with Gasteiger partial charge in [-0.3, -0.25) is 4.79 Å². The number of benzene rings is 1. The molecular formula is C7H5ClO. The van der Waals surface area contributed by atoms with Crippen LogP contribution in [0.4, 0.5) is 0 Å². The topological polar surface area (TPSA) is 17.1 Å². The third-order valence-electron chi connectivity index (χ3n) is 0.926. The van der Waals surface area contributed by atoms with E-state index in [4.69, 9.17) is 13.0 Å². The molecule has 46 valence electrons. The van der Waals surface area contributed by atoms with Crippen LogP contribution in [0.2, 0.25) is 5.02 Å². The number of carbonyl (C=O) groups is 1. The molecule has 2 heteroatoms. The molecule has 0 radical (unpaired) electrons. The Hall–Kier alpha value is -0.820. The molecule has 0 N–H and O–H groups in total. The van der Waals surface area contributed by atoms with Crippen molar-refractivity contribution in [3.63, 3.8) is 0 Å². The summed E-state index contributed by atoms with van der Waals surface area (Å²) in [6, 6.07) is 4.72. The van der Waals surface area contributed by atoms with E-state index in [1.807, 2.05) is 0 Å². The van der Waals surface area contributed by atoms with Crippen molar-refractivity contribution in [2.75, 3.05) is 0 Å². The Morgan fingerprint density at radius 2 is 2.33 bits per heavy atom. The molecule has 0 amide bonds. The van der Waals surface area contributed by atoms with Gasteiger partial charge in [-0.25, -0.2) is 0 Å². The number of hydrogen-bond donors (Lipinski definition) is 0. The van der Waals surface area contributed by atoms with Crippen LogP contribution >= 0.6 is 11.6 Å². The number of halogens is 1. The SMILES string of the molecule is [2H]c1cc(Cl)ccc1C=O. The maximum atomic E-state index is 10.2. The van der Waals surface area contributed by atoms with Crippen molar-refractivity contribution in [3.05, 3.63) is 34.8 Å². The molecule has 1 rings (SSSR count). The molecule has 1 aromatic carbocycles. The van der Waals surface area contributed by atoms with Crippen LogP contribution < -0.4 is 0 Å². The zero-order valence-electron chi connectivity index (χ0n) is 5.60. The molecular weight excluding hydrogens is 136 g/mol. The lowest BCUT2D eigenvalue weighted by Gasteiger charge is -1.87. The zero-order chi connectivity index (χ0) is 7.56. The van der Waals surface area contributed by atoms with Crippen LogP contribution in [0.1, 0.15) is 11.7 Å². The van der Waals surface area contributed by atoms with Gasteiger partial charge in [-0.2, -0.15) is 0 Å². The van der Waals surface area contributed by atoms with E-state index in [2.05, 4.69) is 0 Å². The van der Waals surface area contributed by atoms with Crippen molar-refractivity contribution in [2.24, 2.45) is 0 Å². The molecule has 0 spiro atoms. The van der Waals surface area contributed by atoms with Gasteiger partial charge in [-0.1, -0.05) is 23.7 Å². The Morgan fingerprint density at radius 3 is 2.89 bits per heavy atom. The number of aldehydes is 1. The summed E-state index contributed by atoms with van der Waals surface area (Å²) in [6.45, 7) is 0. The third kappa shape index (κ3) is 1.54. The predicted octanol–water partition coefficient (Wildman–Crippen LogP) is 2.15. The highest BCUT2D eigenvalue weighted by Gasteiger charge is 1.86. The molecule has 0 heterocycles. The second-order valence-corrected chi connectivity index (χ2v) is 2.02. The maximum Gasteiger partial charge on any atom is 0.150 e. The van der Waals surface area contributed by atoms with Crippen LogP contribution in [-0.2, 0) is 0 Å². The first-order valence-corrected chi connectivity index (χ1v) is 2.83. The zero-order valence-corrected chi connectivity index (χ0v) is 5.35. The fourth-order valence-electron chi connectivity index (χ4n) is 0.491. The lowest BCUT2D eigenvalue weighted by Crippen LogP contribution is -1.74. The number of hydrogen-bond acceptors (Lipinski definition) is 1. The van der Waals surface area contributed by atoms with Crippen LogP contribution in [0, 0.1) is 0 Å². The van der Waals surface area contributed by atoms with E-state index in [9.17, 15) is 4.79 Å². The van der Waals surface area contributed by atoms with E-state index in [1.54, 1.807) is 6.07 Å². The van der Waals surface area contributed by atoms with Gasteiger partial charge in [-0.05, 0) is 12.1 Å². The Kier molecular flexibility index (Phi) is 1.47. The average molecular weight is 142 g/mol. The van der Waals surface area contributed by atoms with Crippen molar-refractivity contribution in [1.82, 2.24) is 0 Å². The standard InChI is InChI=1S/C7H5ClO/c8-7-3-1-6(5-9)2-4-7/h1-5H/i1D. The van der Waals surface area contributed by atoms with E-state index in [0.29, 0.717) is 16.9 Å². The summed E-state index contributed by atoms with van der Waals surface area (Å²) in [6.07, 6.45) is 0.638. The van der Waals surface area contributed by atoms with Crippen molar-refractivity contribution < 1.29 is 6.17 Å². The van der Waals surface area contributed by atoms with E-state index in [1.165, 1.54) is 12.1 Å². The Morgan fingerprint density at radius 1 is 1.56 bits per heavy atom. The van der Waals surface area contributed by atoms with Crippen LogP contribution in [0.3, 0.4) is 0 Å². The second kappa shape index (κ2) is 2.65. The summed E-state index contributed by atoms with van der Waals surface area (Å²) in [5.74, 6) is 0.